The number of hydrogen-bond donors (Lipinski definition) is 1. The maximum absolute atomic E-state index is 12.7. The van der Waals surface area contributed by atoms with Gasteiger partial charge in [0, 0.05) is 31.1 Å². The Morgan fingerprint density at radius 3 is 2.57 bits per heavy atom. The molecule has 3 aliphatic heterocycles. The molecule has 0 aliphatic carbocycles. The summed E-state index contributed by atoms with van der Waals surface area (Å²) in [6, 6.07) is 11.4. The lowest BCUT2D eigenvalue weighted by Crippen LogP contribution is -2.53. The van der Waals surface area contributed by atoms with Crippen molar-refractivity contribution in [3.63, 3.8) is 0 Å². The number of nitrogens with zero attached hydrogens (tertiary/aromatic N) is 2. The van der Waals surface area contributed by atoms with Gasteiger partial charge in [0.1, 0.15) is 0 Å². The van der Waals surface area contributed by atoms with Crippen LogP contribution in [0.5, 0.6) is 0 Å². The van der Waals surface area contributed by atoms with Gasteiger partial charge in [0.25, 0.3) is 0 Å². The van der Waals surface area contributed by atoms with Crippen LogP contribution in [0.1, 0.15) is 38.2 Å². The lowest BCUT2D eigenvalue weighted by molar-refractivity contribution is -0.132. The van der Waals surface area contributed by atoms with Crippen LogP contribution in [-0.2, 0) is 16.1 Å². The fourth-order valence-corrected chi connectivity index (χ4v) is 4.83. The van der Waals surface area contributed by atoms with E-state index in [1.165, 1.54) is 18.4 Å². The van der Waals surface area contributed by atoms with Gasteiger partial charge in [0.05, 0.1) is 19.1 Å². The maximum atomic E-state index is 12.7. The SMILES string of the molecule is CC1(CNC(=O)[C@@H]2CCCN(C3CCN(Cc4ccccc4)CC3)C2)COC1. The Morgan fingerprint density at radius 1 is 1.14 bits per heavy atom. The first-order valence-corrected chi connectivity index (χ1v) is 11.0. The Hall–Kier alpha value is -1.43. The molecule has 0 radical (unpaired) electrons. The summed E-state index contributed by atoms with van der Waals surface area (Å²) in [5, 5.41) is 3.20. The number of carbonyl (C=O) groups is 1. The first-order valence-electron chi connectivity index (χ1n) is 11.0. The number of hydrogen-bond acceptors (Lipinski definition) is 4. The smallest absolute Gasteiger partial charge is 0.224 e. The van der Waals surface area contributed by atoms with Crippen molar-refractivity contribution in [2.24, 2.45) is 11.3 Å². The Morgan fingerprint density at radius 2 is 1.89 bits per heavy atom. The van der Waals surface area contributed by atoms with E-state index in [4.69, 9.17) is 4.74 Å². The first kappa shape index (κ1) is 19.9. The summed E-state index contributed by atoms with van der Waals surface area (Å²) < 4.78 is 5.29. The minimum Gasteiger partial charge on any atom is -0.380 e. The van der Waals surface area contributed by atoms with Crippen molar-refractivity contribution in [3.05, 3.63) is 35.9 Å². The van der Waals surface area contributed by atoms with Gasteiger partial charge in [-0.15, -0.1) is 0 Å². The van der Waals surface area contributed by atoms with Gasteiger partial charge in [-0.05, 0) is 50.9 Å². The van der Waals surface area contributed by atoms with E-state index in [0.717, 1.165) is 65.3 Å². The zero-order chi connectivity index (χ0) is 19.4. The number of benzene rings is 1. The number of ether oxygens (including phenoxy) is 1. The minimum absolute atomic E-state index is 0.148. The average molecular weight is 386 g/mol. The lowest BCUT2D eigenvalue weighted by atomic mass is 9.88. The second kappa shape index (κ2) is 8.93. The Bertz CT molecular complexity index is 639. The molecule has 1 amide bonds. The van der Waals surface area contributed by atoms with Gasteiger partial charge in [-0.1, -0.05) is 37.3 Å². The van der Waals surface area contributed by atoms with E-state index in [2.05, 4.69) is 52.4 Å². The topological polar surface area (TPSA) is 44.8 Å². The van der Waals surface area contributed by atoms with E-state index in [0.29, 0.717) is 6.04 Å². The van der Waals surface area contributed by atoms with Crippen LogP contribution in [0.3, 0.4) is 0 Å². The molecule has 3 heterocycles. The quantitative estimate of drug-likeness (QED) is 0.817. The normalized spacial score (nSPS) is 26.5. The zero-order valence-electron chi connectivity index (χ0n) is 17.2. The molecule has 0 saturated carbocycles. The fourth-order valence-electron chi connectivity index (χ4n) is 4.83. The monoisotopic (exact) mass is 385 g/mol. The molecule has 4 rings (SSSR count). The molecule has 3 fully saturated rings. The van der Waals surface area contributed by atoms with Crippen molar-refractivity contribution >= 4 is 5.91 Å². The third-order valence-electron chi connectivity index (χ3n) is 6.74. The van der Waals surface area contributed by atoms with Crippen LogP contribution in [0.15, 0.2) is 30.3 Å². The van der Waals surface area contributed by atoms with E-state index >= 15 is 0 Å². The zero-order valence-corrected chi connectivity index (χ0v) is 17.2. The standard InChI is InChI=1S/C23H35N3O2/c1-23(17-28-18-23)16-24-22(27)20-8-5-11-26(15-20)21-9-12-25(13-10-21)14-19-6-3-2-4-7-19/h2-4,6-7,20-21H,5,8-18H2,1H3,(H,24,27)/t20-/m1/s1. The van der Waals surface area contributed by atoms with Gasteiger partial charge in [-0.2, -0.15) is 0 Å². The molecule has 0 bridgehead atoms. The molecule has 154 valence electrons. The van der Waals surface area contributed by atoms with Gasteiger partial charge >= 0.3 is 0 Å². The van der Waals surface area contributed by atoms with Crippen LogP contribution in [0.2, 0.25) is 0 Å². The number of nitrogens with one attached hydrogen (secondary N) is 1. The number of amides is 1. The summed E-state index contributed by atoms with van der Waals surface area (Å²) in [5.41, 5.74) is 1.55. The van der Waals surface area contributed by atoms with Crippen LogP contribution in [-0.4, -0.2) is 67.7 Å². The summed E-state index contributed by atoms with van der Waals surface area (Å²) >= 11 is 0. The van der Waals surface area contributed by atoms with Crippen molar-refractivity contribution in [1.82, 2.24) is 15.1 Å². The highest BCUT2D eigenvalue weighted by Crippen LogP contribution is 2.27. The van der Waals surface area contributed by atoms with Crippen molar-refractivity contribution in [3.8, 4) is 0 Å². The summed E-state index contributed by atoms with van der Waals surface area (Å²) in [6.07, 6.45) is 4.61. The molecule has 5 heteroatoms. The van der Waals surface area contributed by atoms with Crippen molar-refractivity contribution in [1.29, 1.82) is 0 Å². The van der Waals surface area contributed by atoms with Gasteiger partial charge < -0.3 is 10.1 Å². The van der Waals surface area contributed by atoms with Crippen LogP contribution in [0.4, 0.5) is 0 Å². The summed E-state index contributed by atoms with van der Waals surface area (Å²) in [4.78, 5) is 17.9. The van der Waals surface area contributed by atoms with Gasteiger partial charge in [0.15, 0.2) is 0 Å². The first-order chi connectivity index (χ1) is 13.6. The molecular weight excluding hydrogens is 350 g/mol. The molecule has 0 unspecified atom stereocenters. The van der Waals surface area contributed by atoms with Gasteiger partial charge in [-0.25, -0.2) is 0 Å². The summed E-state index contributed by atoms with van der Waals surface area (Å²) in [7, 11) is 0. The molecule has 5 nitrogen and oxygen atoms in total. The predicted molar refractivity (Wildman–Crippen MR) is 111 cm³/mol. The molecule has 1 aromatic carbocycles. The Kier molecular flexibility index (Phi) is 6.34. The molecule has 0 spiro atoms. The number of carbonyl (C=O) groups excluding carboxylic acids is 1. The van der Waals surface area contributed by atoms with E-state index in [1.807, 2.05) is 0 Å². The summed E-state index contributed by atoms with van der Waals surface area (Å²) in [6.45, 7) is 9.93. The van der Waals surface area contributed by atoms with Crippen LogP contribution in [0.25, 0.3) is 0 Å². The van der Waals surface area contributed by atoms with Gasteiger partial charge in [0.2, 0.25) is 5.91 Å². The van der Waals surface area contributed by atoms with Crippen LogP contribution >= 0.6 is 0 Å². The van der Waals surface area contributed by atoms with Crippen molar-refractivity contribution in [2.75, 3.05) is 45.9 Å². The Labute approximate surface area is 169 Å². The molecule has 28 heavy (non-hydrogen) atoms. The maximum Gasteiger partial charge on any atom is 0.224 e. The number of rotatable bonds is 6. The summed E-state index contributed by atoms with van der Waals surface area (Å²) in [5.74, 6) is 0.403. The van der Waals surface area contributed by atoms with Gasteiger partial charge in [-0.3, -0.25) is 14.6 Å². The highest BCUT2D eigenvalue weighted by molar-refractivity contribution is 5.79. The molecule has 1 N–H and O–H groups in total. The van der Waals surface area contributed by atoms with Crippen molar-refractivity contribution in [2.45, 2.75) is 45.2 Å². The second-order valence-corrected chi connectivity index (χ2v) is 9.35. The number of likely N-dealkylation sites (tertiary alicyclic amines) is 2. The predicted octanol–water partition coefficient (Wildman–Crippen LogP) is 2.52. The van der Waals surface area contributed by atoms with E-state index in [1.54, 1.807) is 0 Å². The van der Waals surface area contributed by atoms with E-state index in [9.17, 15) is 4.79 Å². The molecule has 0 aromatic heterocycles. The van der Waals surface area contributed by atoms with E-state index in [-0.39, 0.29) is 17.2 Å². The molecule has 3 aliphatic rings. The van der Waals surface area contributed by atoms with E-state index < -0.39 is 0 Å². The molecule has 1 aromatic rings. The lowest BCUT2D eigenvalue weighted by Gasteiger charge is -2.42. The largest absolute Gasteiger partial charge is 0.380 e. The van der Waals surface area contributed by atoms with Crippen molar-refractivity contribution < 1.29 is 9.53 Å². The molecule has 1 atom stereocenters. The second-order valence-electron chi connectivity index (χ2n) is 9.35. The number of piperidine rings is 2. The highest BCUT2D eigenvalue weighted by Gasteiger charge is 2.36. The third-order valence-corrected chi connectivity index (χ3v) is 6.74. The average Bonchev–Trinajstić information content (AvgIpc) is 2.72. The van der Waals surface area contributed by atoms with Crippen LogP contribution in [0, 0.1) is 11.3 Å². The third kappa shape index (κ3) is 4.94. The molecule has 3 saturated heterocycles. The molecular formula is C23H35N3O2. The fraction of sp³-hybridized carbons (Fsp3) is 0.696. The minimum atomic E-state index is 0.148. The highest BCUT2D eigenvalue weighted by atomic mass is 16.5. The van der Waals surface area contributed by atoms with Crippen LogP contribution < -0.4 is 5.32 Å². The Balaban J connectivity index is 1.22.